The zero-order chi connectivity index (χ0) is 19.4. The summed E-state index contributed by atoms with van der Waals surface area (Å²) in [6.45, 7) is 6.89. The predicted octanol–water partition coefficient (Wildman–Crippen LogP) is 4.98. The van der Waals surface area contributed by atoms with E-state index in [-0.39, 0.29) is 17.6 Å². The van der Waals surface area contributed by atoms with Crippen molar-refractivity contribution in [2.24, 2.45) is 0 Å². The Morgan fingerprint density at radius 1 is 1.22 bits per heavy atom. The van der Waals surface area contributed by atoms with Gasteiger partial charge in [0.15, 0.2) is 5.78 Å². The molecule has 0 saturated heterocycles. The van der Waals surface area contributed by atoms with Crippen molar-refractivity contribution >= 4 is 22.7 Å². The SMILES string of the molecule is C=C1CCc2c(c3cc(F)ccc3n2CCCCCCC(=O)OCC)C1=O. The highest BCUT2D eigenvalue weighted by atomic mass is 19.1. The summed E-state index contributed by atoms with van der Waals surface area (Å²) in [5.74, 6) is -0.519. The lowest BCUT2D eigenvalue weighted by Gasteiger charge is -2.17. The molecule has 0 atom stereocenters. The summed E-state index contributed by atoms with van der Waals surface area (Å²) in [6.07, 6.45) is 5.62. The van der Waals surface area contributed by atoms with Crippen molar-refractivity contribution in [3.05, 3.63) is 47.4 Å². The number of hydrogen-bond acceptors (Lipinski definition) is 3. The van der Waals surface area contributed by atoms with Crippen LogP contribution in [0, 0.1) is 5.82 Å². The normalized spacial score (nSPS) is 13.9. The van der Waals surface area contributed by atoms with Crippen molar-refractivity contribution in [1.82, 2.24) is 4.57 Å². The Labute approximate surface area is 159 Å². The van der Waals surface area contributed by atoms with Crippen molar-refractivity contribution < 1.29 is 18.7 Å². The molecule has 0 amide bonds. The number of nitrogens with zero attached hydrogens (tertiary/aromatic N) is 1. The second kappa shape index (κ2) is 8.51. The van der Waals surface area contributed by atoms with Gasteiger partial charge in [-0.3, -0.25) is 9.59 Å². The van der Waals surface area contributed by atoms with E-state index in [2.05, 4.69) is 11.1 Å². The molecule has 1 aromatic carbocycles. The third-order valence-electron chi connectivity index (χ3n) is 5.16. The molecule has 0 aliphatic heterocycles. The van der Waals surface area contributed by atoms with Gasteiger partial charge in [-0.1, -0.05) is 19.4 Å². The first-order chi connectivity index (χ1) is 13.0. The van der Waals surface area contributed by atoms with Gasteiger partial charge in [-0.15, -0.1) is 0 Å². The molecule has 0 fully saturated rings. The fourth-order valence-electron chi connectivity index (χ4n) is 3.83. The number of esters is 1. The lowest BCUT2D eigenvalue weighted by molar-refractivity contribution is -0.143. The molecule has 0 unspecified atom stereocenters. The van der Waals surface area contributed by atoms with Crippen LogP contribution in [0.5, 0.6) is 0 Å². The number of unbranched alkanes of at least 4 members (excludes halogenated alkanes) is 3. The highest BCUT2D eigenvalue weighted by Crippen LogP contribution is 2.34. The third kappa shape index (κ3) is 4.12. The highest BCUT2D eigenvalue weighted by molar-refractivity contribution is 6.18. The third-order valence-corrected chi connectivity index (χ3v) is 5.16. The number of ketones is 1. The number of aryl methyl sites for hydroxylation is 1. The summed E-state index contributed by atoms with van der Waals surface area (Å²) in [6, 6.07) is 4.67. The van der Waals surface area contributed by atoms with Gasteiger partial charge in [0.2, 0.25) is 0 Å². The number of Topliss-reactive ketones (excluding diaryl/α,β-unsaturated/α-hetero) is 1. The summed E-state index contributed by atoms with van der Waals surface area (Å²) < 4.78 is 20.9. The Morgan fingerprint density at radius 3 is 2.78 bits per heavy atom. The molecular weight excluding hydrogens is 345 g/mol. The fraction of sp³-hybridized carbons (Fsp3) is 0.455. The van der Waals surface area contributed by atoms with Gasteiger partial charge >= 0.3 is 5.97 Å². The lowest BCUT2D eigenvalue weighted by atomic mass is 9.91. The molecule has 144 valence electrons. The number of rotatable bonds is 8. The van der Waals surface area contributed by atoms with Crippen molar-refractivity contribution in [1.29, 1.82) is 0 Å². The molecule has 0 radical (unpaired) electrons. The summed E-state index contributed by atoms with van der Waals surface area (Å²) >= 11 is 0. The maximum atomic E-state index is 13.8. The first kappa shape index (κ1) is 19.3. The minimum Gasteiger partial charge on any atom is -0.466 e. The van der Waals surface area contributed by atoms with Crippen LogP contribution in [0.3, 0.4) is 0 Å². The van der Waals surface area contributed by atoms with E-state index < -0.39 is 0 Å². The second-order valence-corrected chi connectivity index (χ2v) is 7.04. The Kier molecular flexibility index (Phi) is 6.09. The molecule has 2 aromatic rings. The average molecular weight is 371 g/mol. The number of aromatic nitrogens is 1. The zero-order valence-electron chi connectivity index (χ0n) is 15.9. The molecular formula is C22H26FNO3. The number of allylic oxidation sites excluding steroid dienone is 1. The first-order valence-electron chi connectivity index (χ1n) is 9.71. The molecule has 0 saturated carbocycles. The van der Waals surface area contributed by atoms with Crippen molar-refractivity contribution in [2.75, 3.05) is 6.61 Å². The van der Waals surface area contributed by atoms with Crippen LogP contribution in [-0.4, -0.2) is 22.9 Å². The monoisotopic (exact) mass is 371 g/mol. The molecule has 0 N–H and O–H groups in total. The van der Waals surface area contributed by atoms with Crippen molar-refractivity contribution in [3.63, 3.8) is 0 Å². The maximum Gasteiger partial charge on any atom is 0.305 e. The minimum atomic E-state index is -0.328. The summed E-state index contributed by atoms with van der Waals surface area (Å²) in [7, 11) is 0. The Bertz CT molecular complexity index is 881. The van der Waals surface area contributed by atoms with Crippen LogP contribution in [0.2, 0.25) is 0 Å². The summed E-state index contributed by atoms with van der Waals surface area (Å²) in [4.78, 5) is 24.0. The molecule has 4 nitrogen and oxygen atoms in total. The predicted molar refractivity (Wildman–Crippen MR) is 103 cm³/mol. The molecule has 1 aromatic heterocycles. The number of fused-ring (bicyclic) bond motifs is 3. The number of carbonyl (C=O) groups is 2. The Balaban J connectivity index is 1.69. The van der Waals surface area contributed by atoms with Gasteiger partial charge in [0.1, 0.15) is 5.82 Å². The van der Waals surface area contributed by atoms with Gasteiger partial charge < -0.3 is 9.30 Å². The van der Waals surface area contributed by atoms with E-state index in [9.17, 15) is 14.0 Å². The van der Waals surface area contributed by atoms with Gasteiger partial charge in [-0.25, -0.2) is 4.39 Å². The molecule has 0 spiro atoms. The molecule has 3 rings (SSSR count). The van der Waals surface area contributed by atoms with Crippen LogP contribution >= 0.6 is 0 Å². The largest absolute Gasteiger partial charge is 0.466 e. The molecule has 5 heteroatoms. The molecule has 27 heavy (non-hydrogen) atoms. The van der Waals surface area contributed by atoms with Crippen LogP contribution < -0.4 is 0 Å². The van der Waals surface area contributed by atoms with Gasteiger partial charge in [0, 0.05) is 29.6 Å². The van der Waals surface area contributed by atoms with Crippen LogP contribution in [0.15, 0.2) is 30.4 Å². The van der Waals surface area contributed by atoms with Gasteiger partial charge in [0.25, 0.3) is 0 Å². The fourth-order valence-corrected chi connectivity index (χ4v) is 3.83. The van der Waals surface area contributed by atoms with E-state index in [0.29, 0.717) is 36.0 Å². The van der Waals surface area contributed by atoms with E-state index in [1.807, 2.05) is 6.92 Å². The van der Waals surface area contributed by atoms with E-state index in [4.69, 9.17) is 4.74 Å². The minimum absolute atomic E-state index is 0.0555. The van der Waals surface area contributed by atoms with E-state index in [0.717, 1.165) is 49.9 Å². The summed E-state index contributed by atoms with van der Waals surface area (Å²) in [5, 5.41) is 0.693. The van der Waals surface area contributed by atoms with E-state index in [1.54, 1.807) is 6.07 Å². The highest BCUT2D eigenvalue weighted by Gasteiger charge is 2.28. The van der Waals surface area contributed by atoms with Crippen LogP contribution in [0.1, 0.15) is 61.5 Å². The van der Waals surface area contributed by atoms with Gasteiger partial charge in [-0.05, 0) is 56.4 Å². The lowest BCUT2D eigenvalue weighted by Crippen LogP contribution is -2.15. The molecule has 1 heterocycles. The van der Waals surface area contributed by atoms with Crippen molar-refractivity contribution in [2.45, 2.75) is 58.4 Å². The standard InChI is InChI=1S/C22H26FNO3/c1-3-27-20(25)8-6-4-5-7-13-24-18-12-10-16(23)14-17(18)21-19(24)11-9-15(2)22(21)26/h10,12,14H,2-9,11,13H2,1H3. The quantitative estimate of drug-likeness (QED) is 0.374. The van der Waals surface area contributed by atoms with Crippen LogP contribution in [0.4, 0.5) is 4.39 Å². The zero-order valence-corrected chi connectivity index (χ0v) is 15.9. The maximum absolute atomic E-state index is 13.8. The molecule has 1 aliphatic rings. The van der Waals surface area contributed by atoms with E-state index >= 15 is 0 Å². The van der Waals surface area contributed by atoms with E-state index in [1.165, 1.54) is 12.1 Å². The average Bonchev–Trinajstić information content (AvgIpc) is 2.94. The number of carbonyl (C=O) groups excluding carboxylic acids is 2. The summed E-state index contributed by atoms with van der Waals surface area (Å²) in [5.41, 5.74) is 3.14. The number of halogens is 1. The van der Waals surface area contributed by atoms with Gasteiger partial charge in [-0.2, -0.15) is 0 Å². The molecule has 0 bridgehead atoms. The Morgan fingerprint density at radius 2 is 2.00 bits per heavy atom. The van der Waals surface area contributed by atoms with Crippen molar-refractivity contribution in [3.8, 4) is 0 Å². The topological polar surface area (TPSA) is 48.3 Å². The second-order valence-electron chi connectivity index (χ2n) is 7.04. The number of benzene rings is 1. The first-order valence-corrected chi connectivity index (χ1v) is 9.71. The van der Waals surface area contributed by atoms with Crippen LogP contribution in [0.25, 0.3) is 10.9 Å². The van der Waals surface area contributed by atoms with Crippen LogP contribution in [-0.2, 0) is 22.5 Å². The van der Waals surface area contributed by atoms with Gasteiger partial charge in [0.05, 0.1) is 12.2 Å². The Hall–Kier alpha value is -2.43. The number of hydrogen-bond donors (Lipinski definition) is 0. The molecule has 1 aliphatic carbocycles. The number of ether oxygens (including phenoxy) is 1. The smallest absolute Gasteiger partial charge is 0.305 e.